The highest BCUT2D eigenvalue weighted by Crippen LogP contribution is 2.16. The lowest BCUT2D eigenvalue weighted by Gasteiger charge is -2.18. The van der Waals surface area contributed by atoms with Gasteiger partial charge < -0.3 is 21.1 Å². The Balaban J connectivity index is 1.92. The van der Waals surface area contributed by atoms with Gasteiger partial charge in [-0.05, 0) is 44.4 Å². The van der Waals surface area contributed by atoms with Crippen LogP contribution in [0.3, 0.4) is 0 Å². The highest BCUT2D eigenvalue weighted by molar-refractivity contribution is 5.94. The van der Waals surface area contributed by atoms with E-state index in [1.54, 1.807) is 13.8 Å². The summed E-state index contributed by atoms with van der Waals surface area (Å²) in [5.41, 5.74) is 6.40. The normalized spacial score (nSPS) is 18.0. The van der Waals surface area contributed by atoms with Crippen molar-refractivity contribution in [1.82, 2.24) is 5.32 Å². The molecule has 2 amide bonds. The van der Waals surface area contributed by atoms with Crippen molar-refractivity contribution >= 4 is 17.5 Å². The molecule has 1 unspecified atom stereocenters. The summed E-state index contributed by atoms with van der Waals surface area (Å²) in [7, 11) is 0. The second-order valence-corrected chi connectivity index (χ2v) is 6.10. The minimum atomic E-state index is -0.911. The van der Waals surface area contributed by atoms with Crippen LogP contribution < -0.4 is 16.4 Å². The number of hydrogen-bond donors (Lipinski definition) is 3. The van der Waals surface area contributed by atoms with E-state index in [1.165, 1.54) is 0 Å². The van der Waals surface area contributed by atoms with Gasteiger partial charge in [-0.25, -0.2) is 0 Å². The Morgan fingerprint density at radius 3 is 2.82 bits per heavy atom. The summed E-state index contributed by atoms with van der Waals surface area (Å²) in [4.78, 5) is 23.8. The monoisotopic (exact) mass is 305 g/mol. The highest BCUT2D eigenvalue weighted by atomic mass is 16.5. The second kappa shape index (κ2) is 6.89. The topological polar surface area (TPSA) is 93.5 Å². The molecule has 1 aliphatic rings. The Bertz CT molecular complexity index is 546. The lowest BCUT2D eigenvalue weighted by molar-refractivity contribution is -0.125. The molecule has 6 heteroatoms. The molecule has 0 spiro atoms. The number of ether oxygens (including phenoxy) is 1. The smallest absolute Gasteiger partial charge is 0.253 e. The zero-order chi connectivity index (χ0) is 16.2. The van der Waals surface area contributed by atoms with Crippen LogP contribution in [0.15, 0.2) is 24.3 Å². The van der Waals surface area contributed by atoms with Gasteiger partial charge in [0.1, 0.15) is 6.10 Å². The number of amides is 2. The first-order valence-electron chi connectivity index (χ1n) is 7.45. The third kappa shape index (κ3) is 4.54. The van der Waals surface area contributed by atoms with Gasteiger partial charge in [0.2, 0.25) is 5.91 Å². The van der Waals surface area contributed by atoms with Crippen molar-refractivity contribution in [3.8, 4) is 0 Å². The van der Waals surface area contributed by atoms with Crippen molar-refractivity contribution in [3.05, 3.63) is 29.8 Å². The van der Waals surface area contributed by atoms with Crippen LogP contribution in [0.25, 0.3) is 0 Å². The molecule has 22 heavy (non-hydrogen) atoms. The van der Waals surface area contributed by atoms with E-state index in [9.17, 15) is 9.59 Å². The third-order valence-electron chi connectivity index (χ3n) is 3.45. The zero-order valence-corrected chi connectivity index (χ0v) is 13.0. The summed E-state index contributed by atoms with van der Waals surface area (Å²) < 4.78 is 5.35. The van der Waals surface area contributed by atoms with Crippen LogP contribution >= 0.6 is 0 Å². The number of nitrogens with one attached hydrogen (secondary N) is 2. The van der Waals surface area contributed by atoms with Gasteiger partial charge in [-0.3, -0.25) is 9.59 Å². The standard InChI is InChI=1S/C16H23N3O3/c1-16(2,17)15(21)18-10-11-5-3-6-12(9-11)19-14(20)13-7-4-8-22-13/h3,5-6,9,13H,4,7-8,10,17H2,1-2H3,(H,18,21)(H,19,20). The number of benzene rings is 1. The van der Waals surface area contributed by atoms with Gasteiger partial charge in [0.05, 0.1) is 5.54 Å². The average Bonchev–Trinajstić information content (AvgIpc) is 2.98. The molecule has 1 aromatic rings. The molecular formula is C16H23N3O3. The predicted octanol–water partition coefficient (Wildman–Crippen LogP) is 1.16. The van der Waals surface area contributed by atoms with Crippen molar-refractivity contribution in [2.45, 2.75) is 44.9 Å². The Morgan fingerprint density at radius 2 is 2.18 bits per heavy atom. The number of rotatable bonds is 5. The maximum Gasteiger partial charge on any atom is 0.253 e. The molecule has 1 fully saturated rings. The van der Waals surface area contributed by atoms with Crippen molar-refractivity contribution in [3.63, 3.8) is 0 Å². The second-order valence-electron chi connectivity index (χ2n) is 6.10. The molecule has 1 atom stereocenters. The first-order chi connectivity index (χ1) is 10.4. The Hall–Kier alpha value is -1.92. The number of anilines is 1. The molecule has 2 rings (SSSR count). The molecule has 1 saturated heterocycles. The first kappa shape index (κ1) is 16.5. The molecule has 1 heterocycles. The van der Waals surface area contributed by atoms with E-state index in [1.807, 2.05) is 24.3 Å². The SMILES string of the molecule is CC(C)(N)C(=O)NCc1cccc(NC(=O)C2CCCO2)c1. The third-order valence-corrected chi connectivity index (χ3v) is 3.45. The van der Waals surface area contributed by atoms with Crippen LogP contribution in [-0.4, -0.2) is 30.1 Å². The van der Waals surface area contributed by atoms with Gasteiger partial charge in [-0.2, -0.15) is 0 Å². The van der Waals surface area contributed by atoms with Gasteiger partial charge in [0.25, 0.3) is 5.91 Å². The summed E-state index contributed by atoms with van der Waals surface area (Å²) in [5.74, 6) is -0.344. The van der Waals surface area contributed by atoms with Crippen LogP contribution in [-0.2, 0) is 20.9 Å². The van der Waals surface area contributed by atoms with Crippen molar-refractivity contribution in [2.24, 2.45) is 5.73 Å². The fraction of sp³-hybridized carbons (Fsp3) is 0.500. The molecule has 4 N–H and O–H groups in total. The van der Waals surface area contributed by atoms with Gasteiger partial charge in [0.15, 0.2) is 0 Å². The maximum atomic E-state index is 12.0. The molecule has 0 bridgehead atoms. The van der Waals surface area contributed by atoms with E-state index >= 15 is 0 Å². The lowest BCUT2D eigenvalue weighted by Crippen LogP contribution is -2.48. The molecule has 0 aromatic heterocycles. The van der Waals surface area contributed by atoms with Crippen molar-refractivity contribution in [1.29, 1.82) is 0 Å². The minimum absolute atomic E-state index is 0.123. The first-order valence-corrected chi connectivity index (χ1v) is 7.45. The van der Waals surface area contributed by atoms with Crippen LogP contribution in [0.4, 0.5) is 5.69 Å². The van der Waals surface area contributed by atoms with Crippen LogP contribution in [0, 0.1) is 0 Å². The summed E-state index contributed by atoms with van der Waals surface area (Å²) >= 11 is 0. The molecule has 120 valence electrons. The van der Waals surface area contributed by atoms with Crippen molar-refractivity contribution in [2.75, 3.05) is 11.9 Å². The highest BCUT2D eigenvalue weighted by Gasteiger charge is 2.23. The molecule has 1 aliphatic heterocycles. The summed E-state index contributed by atoms with van der Waals surface area (Å²) in [5, 5.41) is 5.61. The summed E-state index contributed by atoms with van der Waals surface area (Å²) in [6.45, 7) is 4.31. The van der Waals surface area contributed by atoms with E-state index < -0.39 is 5.54 Å². The summed E-state index contributed by atoms with van der Waals surface area (Å²) in [6, 6.07) is 7.35. The van der Waals surface area contributed by atoms with E-state index in [0.29, 0.717) is 18.8 Å². The number of carbonyl (C=O) groups excluding carboxylic acids is 2. The van der Waals surface area contributed by atoms with E-state index in [0.717, 1.165) is 18.4 Å². The quantitative estimate of drug-likeness (QED) is 0.761. The zero-order valence-electron chi connectivity index (χ0n) is 13.0. The maximum absolute atomic E-state index is 12.0. The number of nitrogens with two attached hydrogens (primary N) is 1. The molecule has 0 radical (unpaired) electrons. The molecule has 0 saturated carbocycles. The predicted molar refractivity (Wildman–Crippen MR) is 84.2 cm³/mol. The van der Waals surface area contributed by atoms with E-state index in [-0.39, 0.29) is 17.9 Å². The fourth-order valence-electron chi connectivity index (χ4n) is 2.18. The summed E-state index contributed by atoms with van der Waals surface area (Å²) in [6.07, 6.45) is 1.31. The molecular weight excluding hydrogens is 282 g/mol. The molecule has 1 aromatic carbocycles. The lowest BCUT2D eigenvalue weighted by atomic mass is 10.1. The van der Waals surface area contributed by atoms with Gasteiger partial charge in [-0.15, -0.1) is 0 Å². The molecule has 6 nitrogen and oxygen atoms in total. The van der Waals surface area contributed by atoms with Crippen molar-refractivity contribution < 1.29 is 14.3 Å². The van der Waals surface area contributed by atoms with Crippen LogP contribution in [0.2, 0.25) is 0 Å². The van der Waals surface area contributed by atoms with E-state index in [2.05, 4.69) is 10.6 Å². The largest absolute Gasteiger partial charge is 0.368 e. The average molecular weight is 305 g/mol. The molecule has 0 aliphatic carbocycles. The Labute approximate surface area is 130 Å². The number of hydrogen-bond acceptors (Lipinski definition) is 4. The van der Waals surface area contributed by atoms with Gasteiger partial charge in [-0.1, -0.05) is 12.1 Å². The fourth-order valence-corrected chi connectivity index (χ4v) is 2.18. The minimum Gasteiger partial charge on any atom is -0.368 e. The Kier molecular flexibility index (Phi) is 5.15. The van der Waals surface area contributed by atoms with Crippen LogP contribution in [0.1, 0.15) is 32.3 Å². The number of carbonyl (C=O) groups is 2. The van der Waals surface area contributed by atoms with Crippen LogP contribution in [0.5, 0.6) is 0 Å². The Morgan fingerprint density at radius 1 is 1.41 bits per heavy atom. The van der Waals surface area contributed by atoms with E-state index in [4.69, 9.17) is 10.5 Å². The van der Waals surface area contributed by atoms with Gasteiger partial charge in [0, 0.05) is 18.8 Å². The van der Waals surface area contributed by atoms with Gasteiger partial charge >= 0.3 is 0 Å².